The molecular weight excluding hydrogens is 296 g/mol. The van der Waals surface area contributed by atoms with Crippen LogP contribution in [0.4, 0.5) is 0 Å². The van der Waals surface area contributed by atoms with Crippen LogP contribution >= 0.6 is 0 Å². The molecule has 2 rings (SSSR count). The normalized spacial score (nSPS) is 11.0. The number of hydrogen-bond donors (Lipinski definition) is 2. The molecule has 0 amide bonds. The number of aromatic hydroxyl groups is 2. The van der Waals surface area contributed by atoms with E-state index in [1.807, 2.05) is 0 Å². The molecule has 0 aliphatic carbocycles. The Labute approximate surface area is 132 Å². The minimum atomic E-state index is -0.861. The van der Waals surface area contributed by atoms with E-state index in [1.54, 1.807) is 36.4 Å². The highest BCUT2D eigenvalue weighted by Crippen LogP contribution is 2.18. The van der Waals surface area contributed by atoms with Crippen molar-refractivity contribution in [1.82, 2.24) is 0 Å². The van der Waals surface area contributed by atoms with Gasteiger partial charge in [0.25, 0.3) is 0 Å². The van der Waals surface area contributed by atoms with Crippen LogP contribution in [0, 0.1) is 0 Å². The molecule has 0 saturated heterocycles. The zero-order valence-corrected chi connectivity index (χ0v) is 12.0. The lowest BCUT2D eigenvalue weighted by molar-refractivity contribution is -0.152. The van der Waals surface area contributed by atoms with Gasteiger partial charge in [0.2, 0.25) is 0 Å². The zero-order chi connectivity index (χ0) is 16.7. The monoisotopic (exact) mass is 310 g/mol. The summed E-state index contributed by atoms with van der Waals surface area (Å²) in [6.07, 6.45) is 4.77. The van der Waals surface area contributed by atoms with Gasteiger partial charge in [0.05, 0.1) is 0 Å². The second-order valence-electron chi connectivity index (χ2n) is 4.52. The molecule has 2 aromatic carbocycles. The van der Waals surface area contributed by atoms with E-state index in [9.17, 15) is 19.8 Å². The summed E-state index contributed by atoms with van der Waals surface area (Å²) >= 11 is 0. The van der Waals surface area contributed by atoms with E-state index in [0.29, 0.717) is 11.1 Å². The predicted molar refractivity (Wildman–Crippen MR) is 85.4 cm³/mol. The summed E-state index contributed by atoms with van der Waals surface area (Å²) in [6, 6.07) is 12.9. The molecule has 0 unspecified atom stereocenters. The Hall–Kier alpha value is -3.34. The van der Waals surface area contributed by atoms with Crippen molar-refractivity contribution >= 4 is 24.1 Å². The molecule has 0 spiro atoms. The Kier molecular flexibility index (Phi) is 5.30. The van der Waals surface area contributed by atoms with E-state index < -0.39 is 11.9 Å². The second kappa shape index (κ2) is 7.61. The number of phenols is 2. The maximum Gasteiger partial charge on any atom is 0.338 e. The van der Waals surface area contributed by atoms with Crippen LogP contribution in [0.2, 0.25) is 0 Å². The average molecular weight is 310 g/mol. The highest BCUT2D eigenvalue weighted by atomic mass is 16.6. The number of hydrogen-bond acceptors (Lipinski definition) is 5. The summed E-state index contributed by atoms with van der Waals surface area (Å²) in [5.41, 5.74) is 0.864. The van der Waals surface area contributed by atoms with Gasteiger partial charge in [0.15, 0.2) is 0 Å². The molecule has 2 N–H and O–H groups in total. The lowest BCUT2D eigenvalue weighted by Gasteiger charge is -1.98. The number of para-hydroxylation sites is 2. The smallest absolute Gasteiger partial charge is 0.338 e. The van der Waals surface area contributed by atoms with Gasteiger partial charge in [-0.1, -0.05) is 36.4 Å². The molecule has 5 nitrogen and oxygen atoms in total. The third-order valence-electron chi connectivity index (χ3n) is 2.87. The van der Waals surface area contributed by atoms with Crippen LogP contribution in [0.15, 0.2) is 60.7 Å². The van der Waals surface area contributed by atoms with Crippen LogP contribution < -0.4 is 0 Å². The van der Waals surface area contributed by atoms with E-state index in [-0.39, 0.29) is 11.5 Å². The number of benzene rings is 2. The van der Waals surface area contributed by atoms with Crippen molar-refractivity contribution in [2.75, 3.05) is 0 Å². The highest BCUT2D eigenvalue weighted by molar-refractivity contribution is 6.00. The first-order valence-electron chi connectivity index (χ1n) is 6.74. The van der Waals surface area contributed by atoms with Gasteiger partial charge in [-0.25, -0.2) is 9.59 Å². The van der Waals surface area contributed by atoms with Crippen molar-refractivity contribution in [3.05, 3.63) is 71.8 Å². The fourth-order valence-electron chi connectivity index (χ4n) is 1.74. The molecule has 5 heteroatoms. The first-order chi connectivity index (χ1) is 11.1. The minimum absolute atomic E-state index is 0.0160. The summed E-state index contributed by atoms with van der Waals surface area (Å²) in [7, 11) is 0. The van der Waals surface area contributed by atoms with Crippen molar-refractivity contribution in [3.8, 4) is 11.5 Å². The first kappa shape index (κ1) is 16.0. The summed E-state index contributed by atoms with van der Waals surface area (Å²) in [5, 5.41) is 19.1. The lowest BCUT2D eigenvalue weighted by Crippen LogP contribution is -2.06. The van der Waals surface area contributed by atoms with Gasteiger partial charge >= 0.3 is 11.9 Å². The number of esters is 2. The molecule has 0 heterocycles. The van der Waals surface area contributed by atoms with Gasteiger partial charge < -0.3 is 14.9 Å². The molecule has 0 aliphatic rings. The maximum absolute atomic E-state index is 11.5. The van der Waals surface area contributed by atoms with E-state index in [0.717, 1.165) is 12.2 Å². The van der Waals surface area contributed by atoms with Crippen LogP contribution in [0.25, 0.3) is 12.2 Å². The molecule has 0 aliphatic heterocycles. The van der Waals surface area contributed by atoms with Crippen LogP contribution in [0.1, 0.15) is 11.1 Å². The average Bonchev–Trinajstić information content (AvgIpc) is 2.53. The summed E-state index contributed by atoms with van der Waals surface area (Å²) < 4.78 is 4.56. The standard InChI is InChI=1S/C18H14O5/c19-15-7-3-1-5-13(15)9-11-17(21)23-18(22)12-10-14-6-2-4-8-16(14)20/h1-12,19-20H/b11-9+,12-10+. The van der Waals surface area contributed by atoms with Gasteiger partial charge in [-0.2, -0.15) is 0 Å². The molecule has 0 aromatic heterocycles. The lowest BCUT2D eigenvalue weighted by atomic mass is 10.2. The topological polar surface area (TPSA) is 83.8 Å². The number of rotatable bonds is 4. The van der Waals surface area contributed by atoms with Crippen LogP contribution in [0.5, 0.6) is 11.5 Å². The molecular formula is C18H14O5. The largest absolute Gasteiger partial charge is 0.507 e. The Morgan fingerprint density at radius 3 is 1.52 bits per heavy atom. The predicted octanol–water partition coefficient (Wildman–Crippen LogP) is 2.89. The molecule has 0 bridgehead atoms. The van der Waals surface area contributed by atoms with Crippen LogP contribution in [-0.2, 0) is 14.3 Å². The second-order valence-corrected chi connectivity index (χ2v) is 4.52. The van der Waals surface area contributed by atoms with E-state index in [4.69, 9.17) is 0 Å². The Bertz CT molecular complexity index is 709. The zero-order valence-electron chi connectivity index (χ0n) is 12.0. The van der Waals surface area contributed by atoms with E-state index >= 15 is 0 Å². The van der Waals surface area contributed by atoms with E-state index in [2.05, 4.69) is 4.74 Å². The molecule has 0 atom stereocenters. The quantitative estimate of drug-likeness (QED) is 0.515. The first-order valence-corrected chi connectivity index (χ1v) is 6.74. The van der Waals surface area contributed by atoms with Crippen molar-refractivity contribution in [2.45, 2.75) is 0 Å². The maximum atomic E-state index is 11.5. The molecule has 2 aromatic rings. The molecule has 0 fully saturated rings. The van der Waals surface area contributed by atoms with Crippen LogP contribution in [-0.4, -0.2) is 22.2 Å². The Morgan fingerprint density at radius 1 is 0.739 bits per heavy atom. The van der Waals surface area contributed by atoms with Crippen LogP contribution in [0.3, 0.4) is 0 Å². The van der Waals surface area contributed by atoms with Gasteiger partial charge in [-0.15, -0.1) is 0 Å². The molecule has 116 valence electrons. The number of carbonyl (C=O) groups is 2. The summed E-state index contributed by atoms with van der Waals surface area (Å²) in [5.74, 6) is -1.69. The molecule has 0 saturated carbocycles. The fraction of sp³-hybridized carbons (Fsp3) is 0. The van der Waals surface area contributed by atoms with Gasteiger partial charge in [-0.05, 0) is 24.3 Å². The van der Waals surface area contributed by atoms with Crippen molar-refractivity contribution in [1.29, 1.82) is 0 Å². The van der Waals surface area contributed by atoms with Crippen molar-refractivity contribution in [3.63, 3.8) is 0 Å². The Balaban J connectivity index is 1.94. The van der Waals surface area contributed by atoms with Gasteiger partial charge in [-0.3, -0.25) is 0 Å². The van der Waals surface area contributed by atoms with Crippen molar-refractivity contribution < 1.29 is 24.5 Å². The summed E-state index contributed by atoms with van der Waals surface area (Å²) in [6.45, 7) is 0. The SMILES string of the molecule is O=C(/C=C/c1ccccc1O)OC(=O)/C=C/c1ccccc1O. The number of ether oxygens (including phenoxy) is 1. The fourth-order valence-corrected chi connectivity index (χ4v) is 1.74. The van der Waals surface area contributed by atoms with Crippen molar-refractivity contribution in [2.24, 2.45) is 0 Å². The van der Waals surface area contributed by atoms with Gasteiger partial charge in [0.1, 0.15) is 11.5 Å². The van der Waals surface area contributed by atoms with E-state index in [1.165, 1.54) is 24.3 Å². The highest BCUT2D eigenvalue weighted by Gasteiger charge is 2.05. The summed E-state index contributed by atoms with van der Waals surface area (Å²) in [4.78, 5) is 23.0. The molecule has 23 heavy (non-hydrogen) atoms. The molecule has 0 radical (unpaired) electrons. The Morgan fingerprint density at radius 2 is 1.13 bits per heavy atom. The number of phenolic OH excluding ortho intramolecular Hbond substituents is 2. The third-order valence-corrected chi connectivity index (χ3v) is 2.87. The minimum Gasteiger partial charge on any atom is -0.507 e. The number of carbonyl (C=O) groups excluding carboxylic acids is 2. The third kappa shape index (κ3) is 4.86. The van der Waals surface area contributed by atoms with Gasteiger partial charge in [0, 0.05) is 23.3 Å².